The van der Waals surface area contributed by atoms with Gasteiger partial charge in [0.2, 0.25) is 0 Å². The third-order valence-corrected chi connectivity index (χ3v) is 4.31. The molecule has 10 nitrogen and oxygen atoms in total. The lowest BCUT2D eigenvalue weighted by molar-refractivity contribution is -0.137. The smallest absolute Gasteiger partial charge is 0.325 e. The average Bonchev–Trinajstić information content (AvgIpc) is 3.10. The van der Waals surface area contributed by atoms with Crippen LogP contribution in [0.5, 0.6) is 0 Å². The van der Waals surface area contributed by atoms with E-state index in [1.165, 1.54) is 4.68 Å². The Balaban J connectivity index is 1.88. The number of carboxylic acid groups (broad SMARTS) is 1. The number of aliphatic carboxylic acids is 1. The highest BCUT2D eigenvalue weighted by atomic mass is 16.5. The number of nitrogens with zero attached hydrogens (tertiary/aromatic N) is 6. The van der Waals surface area contributed by atoms with Crippen LogP contribution in [0.1, 0.15) is 5.56 Å². The molecule has 1 aliphatic rings. The fourth-order valence-electron chi connectivity index (χ4n) is 3.01. The molecule has 0 bridgehead atoms. The van der Waals surface area contributed by atoms with Crippen molar-refractivity contribution in [1.82, 2.24) is 25.0 Å². The lowest BCUT2D eigenvalue weighted by atomic mass is 10.1. The van der Waals surface area contributed by atoms with Crippen LogP contribution in [0.25, 0.3) is 22.6 Å². The zero-order valence-corrected chi connectivity index (χ0v) is 14.4. The lowest BCUT2D eigenvalue weighted by Gasteiger charge is -2.28. The molecular weight excluding hydrogens is 352 g/mol. The topological polar surface area (TPSA) is 126 Å². The number of morpholine rings is 1. The van der Waals surface area contributed by atoms with Crippen LogP contribution in [0.2, 0.25) is 0 Å². The summed E-state index contributed by atoms with van der Waals surface area (Å²) in [4.78, 5) is 22.4. The first-order valence-corrected chi connectivity index (χ1v) is 8.51. The van der Waals surface area contributed by atoms with Gasteiger partial charge >= 0.3 is 5.97 Å². The van der Waals surface area contributed by atoms with Crippen molar-refractivity contribution in [2.75, 3.05) is 31.2 Å². The number of rotatable bonds is 5. The van der Waals surface area contributed by atoms with Crippen LogP contribution in [0.4, 0.5) is 5.82 Å². The van der Waals surface area contributed by atoms with E-state index in [-0.39, 0.29) is 13.2 Å². The zero-order chi connectivity index (χ0) is 18.8. The number of hydrogen-bond donors (Lipinski definition) is 2. The standard InChI is InChI=1S/C17H18N6O4/c24-10-11-2-1-3-12(8-11)15-18-16(22-4-6-27-7-5-22)14-17(19-15)23(21-20-14)9-13(25)26/h1-3,8,24H,4-7,9-10H2,(H,25,26). The zero-order valence-electron chi connectivity index (χ0n) is 14.4. The summed E-state index contributed by atoms with van der Waals surface area (Å²) in [5.41, 5.74) is 2.28. The molecule has 0 saturated carbocycles. The molecule has 1 fully saturated rings. The van der Waals surface area contributed by atoms with E-state index >= 15 is 0 Å². The second kappa shape index (κ2) is 7.25. The van der Waals surface area contributed by atoms with Crippen LogP contribution in [0.3, 0.4) is 0 Å². The Morgan fingerprint density at radius 2 is 2.04 bits per heavy atom. The number of aliphatic hydroxyl groups excluding tert-OH is 1. The van der Waals surface area contributed by atoms with Crippen molar-refractivity contribution < 1.29 is 19.7 Å². The maximum Gasteiger partial charge on any atom is 0.325 e. The molecule has 2 aromatic heterocycles. The minimum Gasteiger partial charge on any atom is -0.480 e. The van der Waals surface area contributed by atoms with E-state index < -0.39 is 5.97 Å². The summed E-state index contributed by atoms with van der Waals surface area (Å²) in [5.74, 6) is -0.00488. The van der Waals surface area contributed by atoms with Gasteiger partial charge in [-0.3, -0.25) is 4.79 Å². The molecule has 10 heteroatoms. The molecular formula is C17H18N6O4. The summed E-state index contributed by atoms with van der Waals surface area (Å²) in [5, 5.41) is 26.6. The summed E-state index contributed by atoms with van der Waals surface area (Å²) >= 11 is 0. The van der Waals surface area contributed by atoms with E-state index in [1.54, 1.807) is 12.1 Å². The van der Waals surface area contributed by atoms with Crippen molar-refractivity contribution in [3.8, 4) is 11.4 Å². The molecule has 1 saturated heterocycles. The molecule has 0 amide bonds. The first-order valence-electron chi connectivity index (χ1n) is 8.51. The van der Waals surface area contributed by atoms with Crippen molar-refractivity contribution >= 4 is 23.0 Å². The molecule has 27 heavy (non-hydrogen) atoms. The van der Waals surface area contributed by atoms with E-state index in [0.29, 0.717) is 49.1 Å². The van der Waals surface area contributed by atoms with Gasteiger partial charge in [0.25, 0.3) is 0 Å². The van der Waals surface area contributed by atoms with Gasteiger partial charge in [-0.25, -0.2) is 14.6 Å². The van der Waals surface area contributed by atoms with Crippen LogP contribution in [0.15, 0.2) is 24.3 Å². The quantitative estimate of drug-likeness (QED) is 0.652. The molecule has 2 N–H and O–H groups in total. The summed E-state index contributed by atoms with van der Waals surface area (Å²) in [6.07, 6.45) is 0. The van der Waals surface area contributed by atoms with Gasteiger partial charge in [0.15, 0.2) is 22.8 Å². The van der Waals surface area contributed by atoms with Gasteiger partial charge in [0.05, 0.1) is 19.8 Å². The van der Waals surface area contributed by atoms with E-state index in [9.17, 15) is 9.90 Å². The molecule has 140 valence electrons. The van der Waals surface area contributed by atoms with E-state index in [1.807, 2.05) is 17.0 Å². The highest BCUT2D eigenvalue weighted by Crippen LogP contribution is 2.27. The second-order valence-corrected chi connectivity index (χ2v) is 6.14. The van der Waals surface area contributed by atoms with Crippen molar-refractivity contribution in [1.29, 1.82) is 0 Å². The van der Waals surface area contributed by atoms with Gasteiger partial charge in [0, 0.05) is 18.7 Å². The van der Waals surface area contributed by atoms with Crippen molar-refractivity contribution in [2.24, 2.45) is 0 Å². The van der Waals surface area contributed by atoms with Gasteiger partial charge in [-0.1, -0.05) is 23.4 Å². The van der Waals surface area contributed by atoms with Gasteiger partial charge < -0.3 is 19.8 Å². The Kier molecular flexibility index (Phi) is 4.65. The van der Waals surface area contributed by atoms with Crippen LogP contribution >= 0.6 is 0 Å². The summed E-state index contributed by atoms with van der Waals surface area (Å²) in [6.45, 7) is 2.01. The number of benzene rings is 1. The fraction of sp³-hybridized carbons (Fsp3) is 0.353. The van der Waals surface area contributed by atoms with Gasteiger partial charge in [-0.2, -0.15) is 0 Å². The third kappa shape index (κ3) is 3.44. The largest absolute Gasteiger partial charge is 0.480 e. The Morgan fingerprint density at radius 3 is 2.78 bits per heavy atom. The predicted octanol–water partition coefficient (Wildman–Crippen LogP) is 0.302. The highest BCUT2D eigenvalue weighted by Gasteiger charge is 2.22. The van der Waals surface area contributed by atoms with Gasteiger partial charge in [-0.15, -0.1) is 5.10 Å². The Labute approximate surface area is 154 Å². The molecule has 3 heterocycles. The molecule has 0 spiro atoms. The number of anilines is 1. The van der Waals surface area contributed by atoms with Crippen LogP contribution in [-0.4, -0.2) is 67.4 Å². The normalized spacial score (nSPS) is 14.6. The number of hydrogen-bond acceptors (Lipinski definition) is 8. The molecule has 0 aliphatic carbocycles. The predicted molar refractivity (Wildman–Crippen MR) is 95.1 cm³/mol. The number of fused-ring (bicyclic) bond motifs is 1. The highest BCUT2D eigenvalue weighted by molar-refractivity contribution is 5.86. The number of ether oxygens (including phenoxy) is 1. The summed E-state index contributed by atoms with van der Waals surface area (Å²) < 4.78 is 6.66. The molecule has 0 atom stereocenters. The Bertz CT molecular complexity index is 983. The van der Waals surface area contributed by atoms with Crippen molar-refractivity contribution in [3.05, 3.63) is 29.8 Å². The summed E-state index contributed by atoms with van der Waals surface area (Å²) in [7, 11) is 0. The lowest BCUT2D eigenvalue weighted by Crippen LogP contribution is -2.37. The fourth-order valence-corrected chi connectivity index (χ4v) is 3.01. The molecule has 1 aromatic carbocycles. The Hall–Kier alpha value is -3.11. The van der Waals surface area contributed by atoms with Crippen molar-refractivity contribution in [2.45, 2.75) is 13.2 Å². The number of carboxylic acids is 1. The third-order valence-electron chi connectivity index (χ3n) is 4.31. The van der Waals surface area contributed by atoms with Crippen LogP contribution < -0.4 is 4.90 Å². The van der Waals surface area contributed by atoms with Crippen LogP contribution in [0, 0.1) is 0 Å². The molecule has 1 aliphatic heterocycles. The molecule has 0 radical (unpaired) electrons. The summed E-state index contributed by atoms with van der Waals surface area (Å²) in [6, 6.07) is 7.27. The average molecular weight is 370 g/mol. The van der Waals surface area contributed by atoms with Crippen LogP contribution in [-0.2, 0) is 22.7 Å². The maximum absolute atomic E-state index is 11.1. The number of aromatic nitrogens is 5. The van der Waals surface area contributed by atoms with Crippen molar-refractivity contribution in [3.63, 3.8) is 0 Å². The van der Waals surface area contributed by atoms with E-state index in [4.69, 9.17) is 9.84 Å². The number of carbonyl (C=O) groups is 1. The minimum absolute atomic E-state index is 0.0924. The van der Waals surface area contributed by atoms with Gasteiger partial charge in [0.1, 0.15) is 6.54 Å². The monoisotopic (exact) mass is 370 g/mol. The molecule has 4 rings (SSSR count). The molecule has 0 unspecified atom stereocenters. The van der Waals surface area contributed by atoms with Gasteiger partial charge in [-0.05, 0) is 11.6 Å². The molecule has 3 aromatic rings. The second-order valence-electron chi connectivity index (χ2n) is 6.14. The Morgan fingerprint density at radius 1 is 1.22 bits per heavy atom. The number of aliphatic hydroxyl groups is 1. The minimum atomic E-state index is -1.03. The van der Waals surface area contributed by atoms with E-state index in [2.05, 4.69) is 20.3 Å². The first kappa shape index (κ1) is 17.3. The van der Waals surface area contributed by atoms with E-state index in [0.717, 1.165) is 11.1 Å². The first-order chi connectivity index (χ1) is 13.2. The SMILES string of the molecule is O=C(O)Cn1nnc2c(N3CCOCC3)nc(-c3cccc(CO)c3)nc21. The maximum atomic E-state index is 11.1.